The molecule has 1 atom stereocenters. The Balaban J connectivity index is 2.02. The number of hydrogen-bond donors (Lipinski definition) is 2. The Kier molecular flexibility index (Phi) is 2.88. The number of aromatic nitrogens is 1. The van der Waals surface area contributed by atoms with Crippen molar-refractivity contribution in [2.24, 2.45) is 0 Å². The number of hydrogen-bond acceptors (Lipinski definition) is 2. The Morgan fingerprint density at radius 2 is 2.28 bits per heavy atom. The second kappa shape index (κ2) is 4.53. The van der Waals surface area contributed by atoms with Crippen LogP contribution in [-0.2, 0) is 6.42 Å². The Bertz CT molecular complexity index is 629. The zero-order valence-electron chi connectivity index (χ0n) is 10.0. The zero-order chi connectivity index (χ0) is 12.5. The molecule has 3 nitrogen and oxygen atoms in total. The van der Waals surface area contributed by atoms with Gasteiger partial charge >= 0.3 is 0 Å². The summed E-state index contributed by atoms with van der Waals surface area (Å²) in [5.74, 6) is -0.379. The molecule has 0 spiro atoms. The summed E-state index contributed by atoms with van der Waals surface area (Å²) in [7, 11) is 0. The predicted molar refractivity (Wildman–Crippen MR) is 69.3 cm³/mol. The highest BCUT2D eigenvalue weighted by Crippen LogP contribution is 2.16. The minimum absolute atomic E-state index is 0.179. The van der Waals surface area contributed by atoms with E-state index in [2.05, 4.69) is 10.3 Å². The van der Waals surface area contributed by atoms with Gasteiger partial charge in [-0.2, -0.15) is 0 Å². The number of rotatable bonds is 2. The van der Waals surface area contributed by atoms with E-state index in [1.807, 2.05) is 6.07 Å². The van der Waals surface area contributed by atoms with Crippen molar-refractivity contribution in [3.05, 3.63) is 46.0 Å². The Morgan fingerprint density at radius 3 is 3.06 bits per heavy atom. The lowest BCUT2D eigenvalue weighted by Crippen LogP contribution is -2.27. The van der Waals surface area contributed by atoms with Crippen molar-refractivity contribution in [2.75, 3.05) is 6.54 Å². The predicted octanol–water partition coefficient (Wildman–Crippen LogP) is 1.96. The number of halogens is 1. The van der Waals surface area contributed by atoms with Crippen LogP contribution >= 0.6 is 0 Å². The fraction of sp³-hybridized carbons (Fsp3) is 0.357. The highest BCUT2D eigenvalue weighted by Gasteiger charge is 2.16. The lowest BCUT2D eigenvalue weighted by molar-refractivity contribution is 0.600. The van der Waals surface area contributed by atoms with Crippen molar-refractivity contribution in [3.8, 4) is 0 Å². The van der Waals surface area contributed by atoms with Crippen LogP contribution in [0.5, 0.6) is 0 Å². The lowest BCUT2D eigenvalue weighted by Gasteiger charge is -2.10. The van der Waals surface area contributed by atoms with Crippen molar-refractivity contribution < 1.29 is 4.39 Å². The first-order chi connectivity index (χ1) is 8.74. The summed E-state index contributed by atoms with van der Waals surface area (Å²) in [6.07, 6.45) is 2.97. The fourth-order valence-electron chi connectivity index (χ4n) is 2.59. The molecule has 18 heavy (non-hydrogen) atoms. The SMILES string of the molecule is O=c1[nH]c2c(F)cccc2cc1CC1CCCN1. The Hall–Kier alpha value is -1.68. The number of benzene rings is 1. The zero-order valence-corrected chi connectivity index (χ0v) is 10.0. The third kappa shape index (κ3) is 2.04. The smallest absolute Gasteiger partial charge is 0.251 e. The van der Waals surface area contributed by atoms with E-state index in [9.17, 15) is 9.18 Å². The van der Waals surface area contributed by atoms with Gasteiger partial charge in [-0.05, 0) is 37.9 Å². The van der Waals surface area contributed by atoms with Gasteiger partial charge in [0, 0.05) is 17.0 Å². The van der Waals surface area contributed by atoms with Crippen LogP contribution in [-0.4, -0.2) is 17.6 Å². The van der Waals surface area contributed by atoms with Gasteiger partial charge in [0.05, 0.1) is 5.52 Å². The third-order valence-corrected chi connectivity index (χ3v) is 3.53. The monoisotopic (exact) mass is 246 g/mol. The highest BCUT2D eigenvalue weighted by atomic mass is 19.1. The van der Waals surface area contributed by atoms with Crippen LogP contribution in [0.15, 0.2) is 29.1 Å². The van der Waals surface area contributed by atoms with Gasteiger partial charge < -0.3 is 10.3 Å². The maximum atomic E-state index is 13.5. The van der Waals surface area contributed by atoms with Gasteiger partial charge in [0.2, 0.25) is 0 Å². The summed E-state index contributed by atoms with van der Waals surface area (Å²) in [6.45, 7) is 1.02. The van der Waals surface area contributed by atoms with Crippen molar-refractivity contribution in [1.82, 2.24) is 10.3 Å². The van der Waals surface area contributed by atoms with Gasteiger partial charge in [0.25, 0.3) is 5.56 Å². The van der Waals surface area contributed by atoms with Crippen molar-refractivity contribution in [1.29, 1.82) is 0 Å². The normalized spacial score (nSPS) is 19.5. The van der Waals surface area contributed by atoms with Crippen LogP contribution in [0.2, 0.25) is 0 Å². The number of para-hydroxylation sites is 1. The van der Waals surface area contributed by atoms with E-state index in [0.717, 1.165) is 30.3 Å². The van der Waals surface area contributed by atoms with Crippen LogP contribution in [0.4, 0.5) is 4.39 Å². The number of nitrogens with one attached hydrogen (secondary N) is 2. The van der Waals surface area contributed by atoms with E-state index in [1.54, 1.807) is 12.1 Å². The molecule has 0 bridgehead atoms. The van der Waals surface area contributed by atoms with Gasteiger partial charge in [-0.15, -0.1) is 0 Å². The average Bonchev–Trinajstić information content (AvgIpc) is 2.84. The van der Waals surface area contributed by atoms with Crippen LogP contribution in [0, 0.1) is 5.82 Å². The third-order valence-electron chi connectivity index (χ3n) is 3.53. The number of pyridine rings is 1. The van der Waals surface area contributed by atoms with Gasteiger partial charge in [0.15, 0.2) is 0 Å². The number of H-pyrrole nitrogens is 1. The molecule has 4 heteroatoms. The Morgan fingerprint density at radius 1 is 1.39 bits per heavy atom. The van der Waals surface area contributed by atoms with Crippen molar-refractivity contribution in [3.63, 3.8) is 0 Å². The summed E-state index contributed by atoms with van der Waals surface area (Å²) in [4.78, 5) is 14.6. The molecule has 1 aromatic heterocycles. The average molecular weight is 246 g/mol. The molecule has 0 saturated carbocycles. The molecule has 2 N–H and O–H groups in total. The molecule has 1 saturated heterocycles. The van der Waals surface area contributed by atoms with E-state index < -0.39 is 0 Å². The second-order valence-electron chi connectivity index (χ2n) is 4.83. The summed E-state index contributed by atoms with van der Waals surface area (Å²) in [5, 5.41) is 4.12. The second-order valence-corrected chi connectivity index (χ2v) is 4.83. The minimum Gasteiger partial charge on any atom is -0.319 e. The van der Waals surface area contributed by atoms with E-state index >= 15 is 0 Å². The van der Waals surface area contributed by atoms with Gasteiger partial charge in [-0.25, -0.2) is 4.39 Å². The Labute approximate surface area is 104 Å². The first-order valence-electron chi connectivity index (χ1n) is 6.28. The van der Waals surface area contributed by atoms with Crippen LogP contribution in [0.25, 0.3) is 10.9 Å². The van der Waals surface area contributed by atoms with Crippen LogP contribution < -0.4 is 10.9 Å². The van der Waals surface area contributed by atoms with E-state index in [0.29, 0.717) is 18.0 Å². The molecular weight excluding hydrogens is 231 g/mol. The van der Waals surface area contributed by atoms with E-state index in [-0.39, 0.29) is 11.4 Å². The number of fused-ring (bicyclic) bond motifs is 1. The van der Waals surface area contributed by atoms with Crippen LogP contribution in [0.1, 0.15) is 18.4 Å². The maximum Gasteiger partial charge on any atom is 0.251 e. The highest BCUT2D eigenvalue weighted by molar-refractivity contribution is 5.79. The maximum absolute atomic E-state index is 13.5. The molecule has 1 aromatic carbocycles. The molecular formula is C14H15FN2O. The standard InChI is InChI=1S/C14H15FN2O/c15-12-5-1-3-9-7-10(14(18)17-13(9)12)8-11-4-2-6-16-11/h1,3,5,7,11,16H,2,4,6,8H2,(H,17,18). The molecule has 0 aliphatic carbocycles. The van der Waals surface area contributed by atoms with E-state index in [1.165, 1.54) is 6.07 Å². The quantitative estimate of drug-likeness (QED) is 0.850. The molecule has 2 aromatic rings. The molecule has 94 valence electrons. The van der Waals surface area contributed by atoms with E-state index in [4.69, 9.17) is 0 Å². The van der Waals surface area contributed by atoms with Gasteiger partial charge in [-0.1, -0.05) is 12.1 Å². The van der Waals surface area contributed by atoms with Gasteiger partial charge in [0.1, 0.15) is 5.82 Å². The summed E-state index contributed by atoms with van der Waals surface area (Å²) in [6, 6.07) is 7.01. The first-order valence-corrected chi connectivity index (χ1v) is 6.28. The molecule has 1 unspecified atom stereocenters. The molecule has 1 aliphatic rings. The summed E-state index contributed by atoms with van der Waals surface area (Å²) < 4.78 is 13.5. The van der Waals surface area contributed by atoms with Gasteiger partial charge in [-0.3, -0.25) is 4.79 Å². The first kappa shape index (κ1) is 11.4. The van der Waals surface area contributed by atoms with Crippen molar-refractivity contribution in [2.45, 2.75) is 25.3 Å². The number of aromatic amines is 1. The molecule has 3 rings (SSSR count). The minimum atomic E-state index is -0.379. The molecule has 1 fully saturated rings. The summed E-state index contributed by atoms with van der Waals surface area (Å²) >= 11 is 0. The lowest BCUT2D eigenvalue weighted by atomic mass is 10.0. The molecule has 1 aliphatic heterocycles. The molecule has 0 radical (unpaired) electrons. The van der Waals surface area contributed by atoms with Crippen molar-refractivity contribution >= 4 is 10.9 Å². The molecule has 0 amide bonds. The van der Waals surface area contributed by atoms with Crippen LogP contribution in [0.3, 0.4) is 0 Å². The fourth-order valence-corrected chi connectivity index (χ4v) is 2.59. The topological polar surface area (TPSA) is 44.9 Å². The largest absolute Gasteiger partial charge is 0.319 e. The molecule has 2 heterocycles. The summed E-state index contributed by atoms with van der Waals surface area (Å²) in [5.41, 5.74) is 0.847.